The number of Topliss-reactive ketones (excluding diaryl/α,β-unsaturated/α-hetero) is 1. The molecule has 1 heterocycles. The van der Waals surface area contributed by atoms with E-state index in [0.717, 1.165) is 11.1 Å². The van der Waals surface area contributed by atoms with E-state index in [1.165, 1.54) is 0 Å². The number of anilines is 1. The number of benzene rings is 2. The Kier molecular flexibility index (Phi) is 17.7. The van der Waals surface area contributed by atoms with E-state index in [1.54, 1.807) is 19.6 Å². The molecule has 16 nitrogen and oxygen atoms in total. The van der Waals surface area contributed by atoms with Gasteiger partial charge in [-0.3, -0.25) is 43.6 Å². The van der Waals surface area contributed by atoms with Crippen molar-refractivity contribution in [3.8, 4) is 0 Å². The molecule has 1 aliphatic heterocycles. The lowest BCUT2D eigenvalue weighted by Crippen LogP contribution is -2.53. The van der Waals surface area contributed by atoms with E-state index in [0.29, 0.717) is 42.3 Å². The van der Waals surface area contributed by atoms with E-state index in [9.17, 15) is 44.4 Å². The largest absolute Gasteiger partial charge is 0.480 e. The molecular weight excluding hydrogens is 707 g/mol. The number of carbonyl (C=O) groups is 5. The van der Waals surface area contributed by atoms with Crippen LogP contribution < -0.4 is 10.6 Å². The Morgan fingerprint density at radius 2 is 1.19 bits per heavy atom. The van der Waals surface area contributed by atoms with Crippen molar-refractivity contribution in [2.24, 2.45) is 0 Å². The highest BCUT2D eigenvalue weighted by Crippen LogP contribution is 2.16. The van der Waals surface area contributed by atoms with Crippen LogP contribution in [0.1, 0.15) is 27.9 Å². The molecule has 2 aromatic rings. The molecule has 0 aromatic heterocycles. The number of rotatable bonds is 17. The van der Waals surface area contributed by atoms with E-state index < -0.39 is 29.9 Å². The molecular formula is C36H51N7O9S. The molecule has 3 rings (SSSR count). The van der Waals surface area contributed by atoms with Crippen LogP contribution in [0.15, 0.2) is 48.5 Å². The zero-order chi connectivity index (χ0) is 38.9. The van der Waals surface area contributed by atoms with Crippen LogP contribution in [-0.4, -0.2) is 178 Å². The summed E-state index contributed by atoms with van der Waals surface area (Å²) in [4.78, 5) is 68.1. The van der Waals surface area contributed by atoms with Crippen LogP contribution >= 0.6 is 12.2 Å². The van der Waals surface area contributed by atoms with Crippen molar-refractivity contribution in [2.45, 2.75) is 25.4 Å². The highest BCUT2D eigenvalue weighted by Gasteiger charge is 2.27. The topological polar surface area (TPSA) is 207 Å². The molecule has 53 heavy (non-hydrogen) atoms. The molecule has 0 radical (unpaired) electrons. The SMILES string of the molecule is CN(C)CCC(=O)c1ccc(CNC(=S)Nc2ccc(CC3CN(CC(=O)O)CCN(CC(=O)O)CCN(CC(=O)O)CCN3CC(=O)O)cc2)cc1. The number of nitrogens with one attached hydrogen (secondary N) is 2. The summed E-state index contributed by atoms with van der Waals surface area (Å²) in [7, 11) is 3.85. The van der Waals surface area contributed by atoms with Gasteiger partial charge >= 0.3 is 23.9 Å². The van der Waals surface area contributed by atoms with Gasteiger partial charge in [0.2, 0.25) is 0 Å². The quantitative estimate of drug-likeness (QED) is 0.0974. The molecule has 0 amide bonds. The molecule has 1 fully saturated rings. The normalized spacial score (nSPS) is 17.0. The maximum atomic E-state index is 12.4. The Morgan fingerprint density at radius 1 is 0.698 bits per heavy atom. The number of hydrogen-bond acceptors (Lipinski definition) is 11. The Hall–Kier alpha value is -4.52. The van der Waals surface area contributed by atoms with Crippen molar-refractivity contribution >= 4 is 52.7 Å². The summed E-state index contributed by atoms with van der Waals surface area (Å²) < 4.78 is 0. The molecule has 0 aliphatic carbocycles. The van der Waals surface area contributed by atoms with Gasteiger partial charge in [-0.15, -0.1) is 0 Å². The molecule has 1 atom stereocenters. The Morgan fingerprint density at radius 3 is 1.72 bits per heavy atom. The van der Waals surface area contributed by atoms with E-state index in [4.69, 9.17) is 12.2 Å². The predicted molar refractivity (Wildman–Crippen MR) is 202 cm³/mol. The third kappa shape index (κ3) is 16.8. The van der Waals surface area contributed by atoms with Crippen LogP contribution in [0.3, 0.4) is 0 Å². The van der Waals surface area contributed by atoms with Crippen molar-refractivity contribution in [1.29, 1.82) is 0 Å². The summed E-state index contributed by atoms with van der Waals surface area (Å²) >= 11 is 5.49. The maximum absolute atomic E-state index is 12.4. The predicted octanol–water partition coefficient (Wildman–Crippen LogP) is 0.779. The highest BCUT2D eigenvalue weighted by atomic mass is 32.1. The molecule has 2 aromatic carbocycles. The fourth-order valence-electron chi connectivity index (χ4n) is 5.99. The Balaban J connectivity index is 1.72. The first-order chi connectivity index (χ1) is 25.2. The molecule has 6 N–H and O–H groups in total. The minimum atomic E-state index is -1.07. The van der Waals surface area contributed by atoms with Gasteiger partial charge in [0, 0.05) is 82.6 Å². The molecule has 0 spiro atoms. The summed E-state index contributed by atoms with van der Waals surface area (Å²) in [6.45, 7) is 1.38. The molecule has 0 bridgehead atoms. The lowest BCUT2D eigenvalue weighted by Gasteiger charge is -2.37. The molecule has 1 aliphatic rings. The number of carbonyl (C=O) groups excluding carboxylic acids is 1. The van der Waals surface area contributed by atoms with Gasteiger partial charge in [0.1, 0.15) is 0 Å². The minimum absolute atomic E-state index is 0.0871. The summed E-state index contributed by atoms with van der Waals surface area (Å²) in [5.41, 5.74) is 3.18. The minimum Gasteiger partial charge on any atom is -0.480 e. The van der Waals surface area contributed by atoms with Gasteiger partial charge in [-0.2, -0.15) is 0 Å². The molecule has 290 valence electrons. The Labute approximate surface area is 314 Å². The Bertz CT molecular complexity index is 1540. The number of hydrogen-bond donors (Lipinski definition) is 6. The van der Waals surface area contributed by atoms with Gasteiger partial charge in [-0.25, -0.2) is 0 Å². The van der Waals surface area contributed by atoms with Crippen LogP contribution in [0.2, 0.25) is 0 Å². The van der Waals surface area contributed by atoms with Crippen molar-refractivity contribution in [3.05, 3.63) is 65.2 Å². The summed E-state index contributed by atoms with van der Waals surface area (Å²) in [6.07, 6.45) is 0.808. The second kappa shape index (κ2) is 21.9. The van der Waals surface area contributed by atoms with Crippen molar-refractivity contribution in [1.82, 2.24) is 29.8 Å². The number of thiocarbonyl (C=S) groups is 1. The monoisotopic (exact) mass is 757 g/mol. The number of ketones is 1. The van der Waals surface area contributed by atoms with Crippen LogP contribution in [-0.2, 0) is 32.1 Å². The van der Waals surface area contributed by atoms with E-state index in [1.807, 2.05) is 67.5 Å². The van der Waals surface area contributed by atoms with Crippen LogP contribution in [0.5, 0.6) is 0 Å². The zero-order valence-corrected chi connectivity index (χ0v) is 31.1. The average Bonchev–Trinajstić information content (AvgIpc) is 3.08. The first-order valence-electron chi connectivity index (χ1n) is 17.4. The van der Waals surface area contributed by atoms with E-state index in [2.05, 4.69) is 10.6 Å². The van der Waals surface area contributed by atoms with Gasteiger partial charge in [-0.1, -0.05) is 36.4 Å². The molecule has 0 saturated carbocycles. The first-order valence-corrected chi connectivity index (χ1v) is 17.8. The van der Waals surface area contributed by atoms with Gasteiger partial charge in [0.05, 0.1) is 26.2 Å². The van der Waals surface area contributed by atoms with Crippen LogP contribution in [0.25, 0.3) is 0 Å². The van der Waals surface area contributed by atoms with Crippen LogP contribution in [0.4, 0.5) is 5.69 Å². The highest BCUT2D eigenvalue weighted by molar-refractivity contribution is 7.80. The van der Waals surface area contributed by atoms with Crippen molar-refractivity contribution in [2.75, 3.05) is 97.9 Å². The average molecular weight is 758 g/mol. The summed E-state index contributed by atoms with van der Waals surface area (Å²) in [5.74, 6) is -4.17. The maximum Gasteiger partial charge on any atom is 0.317 e. The smallest absolute Gasteiger partial charge is 0.317 e. The second-order valence-electron chi connectivity index (χ2n) is 13.4. The third-order valence-corrected chi connectivity index (χ3v) is 9.01. The van der Waals surface area contributed by atoms with E-state index in [-0.39, 0.29) is 77.8 Å². The third-order valence-electron chi connectivity index (χ3n) is 8.77. The summed E-state index contributed by atoms with van der Waals surface area (Å²) in [6, 6.07) is 14.3. The molecule has 1 saturated heterocycles. The number of nitrogens with zero attached hydrogens (tertiary/aromatic N) is 5. The second-order valence-corrected chi connectivity index (χ2v) is 13.8. The fraction of sp³-hybridized carbons (Fsp3) is 0.500. The van der Waals surface area contributed by atoms with E-state index >= 15 is 0 Å². The van der Waals surface area contributed by atoms with Crippen molar-refractivity contribution < 1.29 is 44.4 Å². The van der Waals surface area contributed by atoms with Gasteiger partial charge in [0.15, 0.2) is 10.9 Å². The molecule has 1 unspecified atom stereocenters. The van der Waals surface area contributed by atoms with Gasteiger partial charge in [0.25, 0.3) is 0 Å². The first kappa shape index (κ1) is 42.9. The van der Waals surface area contributed by atoms with Gasteiger partial charge in [-0.05, 0) is 56.0 Å². The van der Waals surface area contributed by atoms with Crippen molar-refractivity contribution in [3.63, 3.8) is 0 Å². The van der Waals surface area contributed by atoms with Crippen LogP contribution in [0, 0.1) is 0 Å². The lowest BCUT2D eigenvalue weighted by atomic mass is 10.0. The number of carboxylic acids is 4. The number of aliphatic carboxylic acids is 4. The molecule has 17 heteroatoms. The van der Waals surface area contributed by atoms with Gasteiger partial charge < -0.3 is 36.0 Å². The fourth-order valence-corrected chi connectivity index (χ4v) is 6.18. The number of carboxylic acid groups (broad SMARTS) is 4. The lowest BCUT2D eigenvalue weighted by molar-refractivity contribution is -0.142. The summed E-state index contributed by atoms with van der Waals surface area (Å²) in [5, 5.41) is 45.2. The standard InChI is InChI=1S/C36H51N7O9S/c1-39(2)12-11-31(44)28-7-3-27(4-8-28)20-37-36(53)38-29-9-5-26(6-10-29)19-30-21-42(24-34(49)50)16-15-40(22-32(45)46)13-14-41(23-33(47)48)17-18-43(30)25-35(51)52/h3-10,30H,11-25H2,1-2H3,(H,45,46)(H,47,48)(H,49,50)(H,51,52)(H2,37,38,53). The zero-order valence-electron chi connectivity index (χ0n) is 30.3.